The first-order valence-corrected chi connectivity index (χ1v) is 13.1. The van der Waals surface area contributed by atoms with E-state index in [4.69, 9.17) is 11.6 Å². The number of nitrogens with zero attached hydrogens (tertiary/aromatic N) is 3. The van der Waals surface area contributed by atoms with E-state index in [1.54, 1.807) is 46.0 Å². The van der Waals surface area contributed by atoms with Crippen LogP contribution in [0.3, 0.4) is 0 Å². The van der Waals surface area contributed by atoms with Gasteiger partial charge in [0.05, 0.1) is 24.2 Å². The Balaban J connectivity index is 1.97. The van der Waals surface area contributed by atoms with Gasteiger partial charge >= 0.3 is 0 Å². The van der Waals surface area contributed by atoms with Crippen LogP contribution in [0.15, 0.2) is 72.5 Å². The molecule has 0 aliphatic carbocycles. The fourth-order valence-corrected chi connectivity index (χ4v) is 5.54. The molecule has 180 valence electrons. The van der Waals surface area contributed by atoms with Crippen LogP contribution in [0.25, 0.3) is 0 Å². The number of aromatic nitrogens is 2. The Hall–Kier alpha value is -2.90. The maximum Gasteiger partial charge on any atom is 0.254 e. The molecule has 1 amide bonds. The molecule has 0 saturated carbocycles. The second kappa shape index (κ2) is 11.0. The van der Waals surface area contributed by atoms with Crippen molar-refractivity contribution in [1.29, 1.82) is 0 Å². The maximum atomic E-state index is 13.4. The molecule has 0 fully saturated rings. The predicted molar refractivity (Wildman–Crippen MR) is 136 cm³/mol. The van der Waals surface area contributed by atoms with Gasteiger partial charge in [0, 0.05) is 23.7 Å². The van der Waals surface area contributed by atoms with Crippen molar-refractivity contribution in [3.63, 3.8) is 0 Å². The summed E-state index contributed by atoms with van der Waals surface area (Å²) in [4.78, 5) is 19.1. The molecule has 8 heteroatoms. The lowest BCUT2D eigenvalue weighted by Crippen LogP contribution is -2.32. The largest absolute Gasteiger partial charge is 0.329 e. The van der Waals surface area contributed by atoms with Crippen molar-refractivity contribution in [3.05, 3.63) is 94.8 Å². The number of sulfone groups is 1. The minimum Gasteiger partial charge on any atom is -0.329 e. The number of rotatable bonds is 10. The van der Waals surface area contributed by atoms with Crippen LogP contribution >= 0.6 is 11.6 Å². The van der Waals surface area contributed by atoms with E-state index >= 15 is 0 Å². The van der Waals surface area contributed by atoms with Gasteiger partial charge in [0.2, 0.25) is 15.0 Å². The number of aryl methyl sites for hydroxylation is 1. The number of carbonyl (C=O) groups excluding carboxylic acids is 1. The number of hydrogen-bond donors (Lipinski definition) is 0. The monoisotopic (exact) mass is 499 g/mol. The van der Waals surface area contributed by atoms with Crippen molar-refractivity contribution in [2.24, 2.45) is 5.92 Å². The van der Waals surface area contributed by atoms with E-state index in [2.05, 4.69) is 11.6 Å². The zero-order valence-corrected chi connectivity index (χ0v) is 21.3. The molecular weight excluding hydrogens is 470 g/mol. The Morgan fingerprint density at radius 1 is 1.21 bits per heavy atom. The number of amides is 1. The first kappa shape index (κ1) is 25.7. The van der Waals surface area contributed by atoms with Crippen molar-refractivity contribution >= 4 is 27.3 Å². The second-order valence-electron chi connectivity index (χ2n) is 8.71. The quantitative estimate of drug-likeness (QED) is 0.355. The molecule has 0 aliphatic heterocycles. The van der Waals surface area contributed by atoms with Crippen LogP contribution in [-0.2, 0) is 28.7 Å². The molecule has 0 unspecified atom stereocenters. The van der Waals surface area contributed by atoms with Gasteiger partial charge in [-0.25, -0.2) is 13.4 Å². The lowest BCUT2D eigenvalue weighted by molar-refractivity contribution is 0.0758. The first-order valence-electron chi connectivity index (χ1n) is 11.1. The molecule has 0 atom stereocenters. The summed E-state index contributed by atoms with van der Waals surface area (Å²) in [6, 6.07) is 14.2. The van der Waals surface area contributed by atoms with E-state index < -0.39 is 9.84 Å². The Bertz CT molecular complexity index is 1280. The number of hydrogen-bond acceptors (Lipinski definition) is 4. The summed E-state index contributed by atoms with van der Waals surface area (Å²) in [6.07, 6.45) is 3.19. The van der Waals surface area contributed by atoms with Crippen molar-refractivity contribution < 1.29 is 13.2 Å². The summed E-state index contributed by atoms with van der Waals surface area (Å²) in [6.45, 7) is 10.6. The normalized spacial score (nSPS) is 11.6. The van der Waals surface area contributed by atoms with E-state index in [0.717, 1.165) is 11.1 Å². The zero-order valence-electron chi connectivity index (χ0n) is 19.7. The first-order chi connectivity index (χ1) is 16.1. The van der Waals surface area contributed by atoms with Gasteiger partial charge in [-0.15, -0.1) is 6.58 Å². The molecule has 0 saturated heterocycles. The lowest BCUT2D eigenvalue weighted by Gasteiger charge is -2.23. The number of halogens is 1. The summed E-state index contributed by atoms with van der Waals surface area (Å²) in [5.41, 5.74) is 2.76. The summed E-state index contributed by atoms with van der Waals surface area (Å²) in [7, 11) is -3.71. The number of imidazole rings is 1. The van der Waals surface area contributed by atoms with Crippen molar-refractivity contribution in [2.45, 2.75) is 44.8 Å². The molecular formula is C26H30ClN3O3S. The van der Waals surface area contributed by atoms with Crippen molar-refractivity contribution in [2.75, 3.05) is 6.54 Å². The van der Waals surface area contributed by atoms with Crippen LogP contribution in [0, 0.1) is 12.8 Å². The van der Waals surface area contributed by atoms with Gasteiger partial charge in [-0.05, 0) is 42.2 Å². The molecule has 2 aromatic carbocycles. The van der Waals surface area contributed by atoms with E-state index in [1.807, 2.05) is 45.0 Å². The third-order valence-electron chi connectivity index (χ3n) is 5.40. The highest BCUT2D eigenvalue weighted by Gasteiger charge is 2.26. The SMILES string of the molecule is C=CCN(Cc1cnc(S(=O)(=O)Cc2ccccc2C)n1CC(C)C)C(=O)c1cccc(Cl)c1. The fourth-order valence-electron chi connectivity index (χ4n) is 3.74. The van der Waals surface area contributed by atoms with Crippen LogP contribution in [0.5, 0.6) is 0 Å². The van der Waals surface area contributed by atoms with Gasteiger partial charge < -0.3 is 9.47 Å². The molecule has 1 heterocycles. The molecule has 0 aliphatic rings. The predicted octanol–water partition coefficient (Wildman–Crippen LogP) is 5.30. The van der Waals surface area contributed by atoms with Gasteiger partial charge in [0.15, 0.2) is 0 Å². The maximum absolute atomic E-state index is 13.4. The molecule has 1 aromatic heterocycles. The van der Waals surface area contributed by atoms with Gasteiger partial charge in [-0.3, -0.25) is 4.79 Å². The fraction of sp³-hybridized carbons (Fsp3) is 0.308. The molecule has 0 N–H and O–H groups in total. The van der Waals surface area contributed by atoms with Gasteiger partial charge in [0.25, 0.3) is 5.91 Å². The lowest BCUT2D eigenvalue weighted by atomic mass is 10.1. The van der Waals surface area contributed by atoms with Crippen molar-refractivity contribution in [3.8, 4) is 0 Å². The van der Waals surface area contributed by atoms with E-state index in [9.17, 15) is 13.2 Å². The third-order valence-corrected chi connectivity index (χ3v) is 7.20. The van der Waals surface area contributed by atoms with Crippen LogP contribution in [0.4, 0.5) is 0 Å². The van der Waals surface area contributed by atoms with E-state index in [1.165, 1.54) is 0 Å². The highest BCUT2D eigenvalue weighted by molar-refractivity contribution is 7.90. The van der Waals surface area contributed by atoms with Crippen LogP contribution in [-0.4, -0.2) is 35.3 Å². The minimum absolute atomic E-state index is 0.0215. The van der Waals surface area contributed by atoms with Gasteiger partial charge in [-0.1, -0.05) is 61.9 Å². The summed E-state index contributed by atoms with van der Waals surface area (Å²) in [5.74, 6) is -0.174. The highest BCUT2D eigenvalue weighted by atomic mass is 35.5. The Labute approximate surface area is 206 Å². The molecule has 3 rings (SSSR count). The Morgan fingerprint density at radius 2 is 1.94 bits per heavy atom. The molecule has 0 radical (unpaired) electrons. The average molecular weight is 500 g/mol. The minimum atomic E-state index is -3.71. The molecule has 0 bridgehead atoms. The van der Waals surface area contributed by atoms with Crippen LogP contribution in [0.1, 0.15) is 41.0 Å². The second-order valence-corrected chi connectivity index (χ2v) is 11.0. The summed E-state index contributed by atoms with van der Waals surface area (Å²) < 4.78 is 28.5. The van der Waals surface area contributed by atoms with Crippen molar-refractivity contribution in [1.82, 2.24) is 14.5 Å². The Morgan fingerprint density at radius 3 is 2.59 bits per heavy atom. The molecule has 6 nitrogen and oxygen atoms in total. The van der Waals surface area contributed by atoms with E-state index in [-0.39, 0.29) is 29.3 Å². The van der Waals surface area contributed by atoms with Crippen LogP contribution in [0.2, 0.25) is 5.02 Å². The number of carbonyl (C=O) groups is 1. The molecule has 3 aromatic rings. The van der Waals surface area contributed by atoms with Crippen LogP contribution < -0.4 is 0 Å². The average Bonchev–Trinajstić information content (AvgIpc) is 3.17. The third kappa shape index (κ3) is 6.15. The molecule has 0 spiro atoms. The zero-order chi connectivity index (χ0) is 24.9. The highest BCUT2D eigenvalue weighted by Crippen LogP contribution is 2.22. The standard InChI is InChI=1S/C26H30ClN3O3S/c1-5-13-29(25(31)21-11-8-12-23(27)14-21)17-24-15-28-26(30(24)16-19(2)3)34(32,33)18-22-10-7-6-9-20(22)4/h5-12,14-15,19H,1,13,16-18H2,2-4H3. The summed E-state index contributed by atoms with van der Waals surface area (Å²) in [5, 5.41) is 0.493. The number of benzene rings is 2. The molecule has 34 heavy (non-hydrogen) atoms. The van der Waals surface area contributed by atoms with Gasteiger partial charge in [0.1, 0.15) is 0 Å². The Kier molecular flexibility index (Phi) is 8.33. The van der Waals surface area contributed by atoms with Gasteiger partial charge in [-0.2, -0.15) is 0 Å². The smallest absolute Gasteiger partial charge is 0.254 e. The topological polar surface area (TPSA) is 72.3 Å². The van der Waals surface area contributed by atoms with E-state index in [0.29, 0.717) is 29.4 Å². The summed E-state index contributed by atoms with van der Waals surface area (Å²) >= 11 is 6.07.